The third-order valence-electron chi connectivity index (χ3n) is 5.10. The molecule has 8 heteroatoms. The number of hydrogen-bond acceptors (Lipinski definition) is 4. The minimum atomic E-state index is -0.0597. The molecule has 8 nitrogen and oxygen atoms in total. The fourth-order valence-corrected chi connectivity index (χ4v) is 3.78. The van der Waals surface area contributed by atoms with Gasteiger partial charge in [-0.1, -0.05) is 6.92 Å². The molecule has 0 spiro atoms. The van der Waals surface area contributed by atoms with Crippen LogP contribution in [0.25, 0.3) is 5.65 Å². The molecule has 1 amide bonds. The molecule has 3 aromatic heterocycles. The SMILES string of the molecule is CCc1c(C)nc2cc([C@H]3CCCN3C(=O)Cn3ccnc3)[nH]n2c1=O. The van der Waals surface area contributed by atoms with E-state index < -0.39 is 0 Å². The zero-order chi connectivity index (χ0) is 18.3. The van der Waals surface area contributed by atoms with Crippen molar-refractivity contribution in [1.82, 2.24) is 29.0 Å². The summed E-state index contributed by atoms with van der Waals surface area (Å²) in [6, 6.07) is 1.83. The zero-order valence-electron chi connectivity index (χ0n) is 15.0. The lowest BCUT2D eigenvalue weighted by molar-refractivity contribution is -0.132. The van der Waals surface area contributed by atoms with Gasteiger partial charge in [-0.05, 0) is 26.2 Å². The number of fused-ring (bicyclic) bond motifs is 1. The lowest BCUT2D eigenvalue weighted by atomic mass is 10.1. The number of rotatable bonds is 4. The van der Waals surface area contributed by atoms with E-state index in [2.05, 4.69) is 15.1 Å². The number of H-pyrrole nitrogens is 1. The van der Waals surface area contributed by atoms with Gasteiger partial charge in [0.1, 0.15) is 6.54 Å². The summed E-state index contributed by atoms with van der Waals surface area (Å²) < 4.78 is 3.27. The second-order valence-corrected chi connectivity index (χ2v) is 6.72. The molecule has 1 N–H and O–H groups in total. The molecule has 0 aliphatic carbocycles. The number of imidazole rings is 1. The number of hydrogen-bond donors (Lipinski definition) is 1. The summed E-state index contributed by atoms with van der Waals surface area (Å²) in [5.74, 6) is 0.0508. The highest BCUT2D eigenvalue weighted by Crippen LogP contribution is 2.31. The summed E-state index contributed by atoms with van der Waals surface area (Å²) in [6.45, 7) is 4.81. The van der Waals surface area contributed by atoms with E-state index in [1.807, 2.05) is 24.8 Å². The monoisotopic (exact) mass is 354 g/mol. The summed E-state index contributed by atoms with van der Waals surface area (Å²) in [7, 11) is 0. The molecular formula is C18H22N6O2. The van der Waals surface area contributed by atoms with E-state index >= 15 is 0 Å². The molecule has 3 aromatic rings. The molecule has 1 aliphatic heterocycles. The van der Waals surface area contributed by atoms with E-state index in [9.17, 15) is 9.59 Å². The van der Waals surface area contributed by atoms with Crippen molar-refractivity contribution < 1.29 is 4.79 Å². The Bertz CT molecular complexity index is 1000. The molecule has 1 fully saturated rings. The zero-order valence-corrected chi connectivity index (χ0v) is 15.0. The second-order valence-electron chi connectivity index (χ2n) is 6.72. The van der Waals surface area contributed by atoms with Crippen LogP contribution in [0, 0.1) is 6.92 Å². The van der Waals surface area contributed by atoms with Crippen molar-refractivity contribution >= 4 is 11.6 Å². The molecule has 0 aromatic carbocycles. The highest BCUT2D eigenvalue weighted by Gasteiger charge is 2.31. The summed E-state index contributed by atoms with van der Waals surface area (Å²) in [6.07, 6.45) is 7.55. The fourth-order valence-electron chi connectivity index (χ4n) is 3.78. The van der Waals surface area contributed by atoms with Crippen LogP contribution in [0.4, 0.5) is 0 Å². The van der Waals surface area contributed by atoms with Gasteiger partial charge in [0.25, 0.3) is 5.56 Å². The van der Waals surface area contributed by atoms with Crippen LogP contribution in [-0.2, 0) is 17.8 Å². The van der Waals surface area contributed by atoms with Crippen LogP contribution in [0.15, 0.2) is 29.6 Å². The van der Waals surface area contributed by atoms with Gasteiger partial charge in [-0.3, -0.25) is 14.7 Å². The Morgan fingerprint density at radius 3 is 3.00 bits per heavy atom. The smallest absolute Gasteiger partial charge is 0.276 e. The largest absolute Gasteiger partial charge is 0.333 e. The normalized spacial score (nSPS) is 17.3. The lowest BCUT2D eigenvalue weighted by Crippen LogP contribution is -2.33. The van der Waals surface area contributed by atoms with Gasteiger partial charge >= 0.3 is 0 Å². The first-order valence-electron chi connectivity index (χ1n) is 8.95. The van der Waals surface area contributed by atoms with Crippen LogP contribution >= 0.6 is 0 Å². The van der Waals surface area contributed by atoms with Crippen LogP contribution in [0.5, 0.6) is 0 Å². The first-order chi connectivity index (χ1) is 12.6. The summed E-state index contributed by atoms with van der Waals surface area (Å²) in [4.78, 5) is 35.8. The summed E-state index contributed by atoms with van der Waals surface area (Å²) in [5.41, 5.74) is 2.89. The molecule has 0 saturated carbocycles. The number of aromatic amines is 1. The third-order valence-corrected chi connectivity index (χ3v) is 5.10. The highest BCUT2D eigenvalue weighted by atomic mass is 16.2. The maximum Gasteiger partial charge on any atom is 0.276 e. The van der Waals surface area contributed by atoms with E-state index in [1.54, 1.807) is 23.3 Å². The number of likely N-dealkylation sites (tertiary alicyclic amines) is 1. The van der Waals surface area contributed by atoms with Crippen molar-refractivity contribution in [2.45, 2.75) is 45.7 Å². The quantitative estimate of drug-likeness (QED) is 0.768. The van der Waals surface area contributed by atoms with Crippen LogP contribution in [-0.4, -0.2) is 41.5 Å². The second kappa shape index (κ2) is 6.44. The predicted octanol–water partition coefficient (Wildman–Crippen LogP) is 1.45. The van der Waals surface area contributed by atoms with Crippen molar-refractivity contribution in [3.05, 3.63) is 52.1 Å². The van der Waals surface area contributed by atoms with Gasteiger partial charge in [0.05, 0.1) is 18.1 Å². The van der Waals surface area contributed by atoms with Gasteiger partial charge in [-0.2, -0.15) is 0 Å². The summed E-state index contributed by atoms with van der Waals surface area (Å²) >= 11 is 0. The minimum absolute atomic E-state index is 0.0508. The Labute approximate surface area is 150 Å². The molecule has 0 bridgehead atoms. The number of aryl methyl sites for hydroxylation is 1. The van der Waals surface area contributed by atoms with Crippen molar-refractivity contribution in [3.63, 3.8) is 0 Å². The van der Waals surface area contributed by atoms with Gasteiger partial charge in [0.15, 0.2) is 5.65 Å². The maximum absolute atomic E-state index is 12.7. The number of carbonyl (C=O) groups excluding carboxylic acids is 1. The van der Waals surface area contributed by atoms with Crippen LogP contribution < -0.4 is 5.56 Å². The standard InChI is InChI=1S/C18H22N6O2/c1-3-13-12(2)20-16-9-14(21-24(16)18(13)26)15-5-4-7-23(15)17(25)10-22-8-6-19-11-22/h6,8-9,11,15,21H,3-5,7,10H2,1-2H3/t15-/m1/s1. The topological polar surface area (TPSA) is 88.3 Å². The number of aromatic nitrogens is 5. The number of amides is 1. The molecule has 1 saturated heterocycles. The minimum Gasteiger partial charge on any atom is -0.333 e. The van der Waals surface area contributed by atoms with Crippen LogP contribution in [0.1, 0.15) is 42.8 Å². The Balaban J connectivity index is 1.66. The molecular weight excluding hydrogens is 332 g/mol. The molecule has 4 heterocycles. The number of nitrogens with zero attached hydrogens (tertiary/aromatic N) is 5. The molecule has 136 valence electrons. The number of nitrogens with one attached hydrogen (secondary N) is 1. The van der Waals surface area contributed by atoms with Gasteiger partial charge in [0, 0.05) is 36.3 Å². The molecule has 1 atom stereocenters. The van der Waals surface area contributed by atoms with Crippen LogP contribution in [0.2, 0.25) is 0 Å². The van der Waals surface area contributed by atoms with E-state index in [0.717, 1.165) is 36.3 Å². The average molecular weight is 354 g/mol. The Hall–Kier alpha value is -2.90. The Kier molecular flexibility index (Phi) is 4.10. The van der Waals surface area contributed by atoms with Crippen molar-refractivity contribution in [1.29, 1.82) is 0 Å². The first kappa shape index (κ1) is 16.6. The van der Waals surface area contributed by atoms with E-state index in [-0.39, 0.29) is 24.1 Å². The average Bonchev–Trinajstić information content (AvgIpc) is 3.34. The molecule has 1 aliphatic rings. The van der Waals surface area contributed by atoms with E-state index in [0.29, 0.717) is 12.1 Å². The lowest BCUT2D eigenvalue weighted by Gasteiger charge is -2.23. The maximum atomic E-state index is 12.7. The fraction of sp³-hybridized carbons (Fsp3) is 0.444. The van der Waals surface area contributed by atoms with Crippen molar-refractivity contribution in [3.8, 4) is 0 Å². The molecule has 0 radical (unpaired) electrons. The van der Waals surface area contributed by atoms with Crippen LogP contribution in [0.3, 0.4) is 0 Å². The third kappa shape index (κ3) is 2.71. The molecule has 4 rings (SSSR count). The van der Waals surface area contributed by atoms with Crippen molar-refractivity contribution in [2.75, 3.05) is 6.54 Å². The van der Waals surface area contributed by atoms with E-state index in [1.165, 1.54) is 4.52 Å². The Morgan fingerprint density at radius 2 is 2.27 bits per heavy atom. The Morgan fingerprint density at radius 1 is 1.42 bits per heavy atom. The number of carbonyl (C=O) groups is 1. The van der Waals surface area contributed by atoms with Gasteiger partial charge < -0.3 is 9.47 Å². The molecule has 0 unspecified atom stereocenters. The van der Waals surface area contributed by atoms with Gasteiger partial charge in [-0.25, -0.2) is 14.5 Å². The summed E-state index contributed by atoms with van der Waals surface area (Å²) in [5, 5.41) is 3.18. The van der Waals surface area contributed by atoms with Crippen molar-refractivity contribution in [2.24, 2.45) is 0 Å². The van der Waals surface area contributed by atoms with E-state index in [4.69, 9.17) is 0 Å². The van der Waals surface area contributed by atoms with Gasteiger partial charge in [-0.15, -0.1) is 0 Å². The highest BCUT2D eigenvalue weighted by molar-refractivity contribution is 5.76. The van der Waals surface area contributed by atoms with Gasteiger partial charge in [0.2, 0.25) is 5.91 Å². The first-order valence-corrected chi connectivity index (χ1v) is 8.95. The molecule has 26 heavy (non-hydrogen) atoms. The predicted molar refractivity (Wildman–Crippen MR) is 95.8 cm³/mol.